The van der Waals surface area contributed by atoms with Crippen molar-refractivity contribution in [2.24, 2.45) is 0 Å². The molecule has 1 fully saturated rings. The largest absolute Gasteiger partial charge is 0.502 e. The fraction of sp³-hybridized carbons (Fsp3) is 0.462. The Hall–Kier alpha value is -1.66. The summed E-state index contributed by atoms with van der Waals surface area (Å²) in [7, 11) is 1.45. The molecule has 1 aliphatic heterocycles. The molecule has 0 radical (unpaired) electrons. The van der Waals surface area contributed by atoms with Gasteiger partial charge in [-0.2, -0.15) is 4.98 Å². The summed E-state index contributed by atoms with van der Waals surface area (Å²) < 4.78 is 10.8. The van der Waals surface area contributed by atoms with Gasteiger partial charge in [0.2, 0.25) is 11.3 Å². The zero-order valence-corrected chi connectivity index (χ0v) is 12.1. The second-order valence-electron chi connectivity index (χ2n) is 4.83. The Bertz CT molecular complexity index is 643. The molecule has 108 valence electrons. The van der Waals surface area contributed by atoms with E-state index < -0.39 is 0 Å². The van der Waals surface area contributed by atoms with Crippen LogP contribution in [0.4, 0.5) is 6.01 Å². The van der Waals surface area contributed by atoms with Gasteiger partial charge in [0.05, 0.1) is 12.1 Å². The molecule has 2 aromatic rings. The highest BCUT2D eigenvalue weighted by Crippen LogP contribution is 2.42. The van der Waals surface area contributed by atoms with Gasteiger partial charge in [0.25, 0.3) is 6.01 Å². The van der Waals surface area contributed by atoms with Gasteiger partial charge in [0, 0.05) is 25.7 Å². The fourth-order valence-electron chi connectivity index (χ4n) is 2.43. The van der Waals surface area contributed by atoms with E-state index in [9.17, 15) is 5.11 Å². The van der Waals surface area contributed by atoms with Crippen LogP contribution in [0.25, 0.3) is 11.1 Å². The number of anilines is 1. The molecule has 2 N–H and O–H groups in total. The number of aromatic hydroxyl groups is 1. The van der Waals surface area contributed by atoms with Crippen LogP contribution in [0.1, 0.15) is 6.92 Å². The molecule has 3 rings (SSSR count). The number of piperazine rings is 1. The van der Waals surface area contributed by atoms with E-state index in [4.69, 9.17) is 20.8 Å². The number of hydrogen-bond donors (Lipinski definition) is 2. The van der Waals surface area contributed by atoms with Crippen molar-refractivity contribution in [3.8, 4) is 11.5 Å². The SMILES string of the molecule is COc1c(Cl)cc2nc(N3CCNC[C@@H]3C)oc2c1O. The Balaban J connectivity index is 2.08. The molecule has 0 aliphatic carbocycles. The quantitative estimate of drug-likeness (QED) is 0.883. The van der Waals surface area contributed by atoms with Crippen LogP contribution >= 0.6 is 11.6 Å². The maximum Gasteiger partial charge on any atom is 0.298 e. The molecule has 2 heterocycles. The van der Waals surface area contributed by atoms with Crippen molar-refractivity contribution >= 4 is 28.7 Å². The standard InChI is InChI=1S/C13H16ClN3O3/c1-7-6-15-3-4-17(7)13-16-9-5-8(14)11(19-2)10(18)12(9)20-13/h5,7,15,18H,3-4,6H2,1-2H3/t7-/m0/s1. The summed E-state index contributed by atoms with van der Waals surface area (Å²) in [4.78, 5) is 6.48. The second kappa shape index (κ2) is 5.03. The maximum absolute atomic E-state index is 10.1. The fourth-order valence-corrected chi connectivity index (χ4v) is 2.70. The summed E-state index contributed by atoms with van der Waals surface area (Å²) in [5, 5.41) is 13.7. The number of phenols is 1. The lowest BCUT2D eigenvalue weighted by Crippen LogP contribution is -2.50. The molecule has 0 amide bonds. The first kappa shape index (κ1) is 13.3. The van der Waals surface area contributed by atoms with E-state index in [1.807, 2.05) is 0 Å². The van der Waals surface area contributed by atoms with Crippen LogP contribution in [0.2, 0.25) is 5.02 Å². The molecule has 1 saturated heterocycles. The van der Waals surface area contributed by atoms with Crippen molar-refractivity contribution < 1.29 is 14.3 Å². The smallest absolute Gasteiger partial charge is 0.298 e. The molecular weight excluding hydrogens is 282 g/mol. The predicted octanol–water partition coefficient (Wildman–Crippen LogP) is 1.99. The highest BCUT2D eigenvalue weighted by Gasteiger charge is 2.25. The third kappa shape index (κ3) is 2.05. The van der Waals surface area contributed by atoms with Crippen molar-refractivity contribution in [1.82, 2.24) is 10.3 Å². The van der Waals surface area contributed by atoms with E-state index in [0.29, 0.717) is 22.1 Å². The highest BCUT2D eigenvalue weighted by molar-refractivity contribution is 6.33. The number of methoxy groups -OCH3 is 1. The number of nitrogens with zero attached hydrogens (tertiary/aromatic N) is 2. The molecule has 0 spiro atoms. The monoisotopic (exact) mass is 297 g/mol. The number of rotatable bonds is 2. The molecule has 1 atom stereocenters. The number of ether oxygens (including phenoxy) is 1. The van der Waals surface area contributed by atoms with Crippen molar-refractivity contribution in [3.05, 3.63) is 11.1 Å². The van der Waals surface area contributed by atoms with Crippen LogP contribution in [0, 0.1) is 0 Å². The molecular formula is C13H16ClN3O3. The van der Waals surface area contributed by atoms with Crippen LogP contribution < -0.4 is 15.0 Å². The number of oxazole rings is 1. The van der Waals surface area contributed by atoms with Crippen molar-refractivity contribution in [1.29, 1.82) is 0 Å². The Kier molecular flexibility index (Phi) is 3.35. The molecule has 0 bridgehead atoms. The van der Waals surface area contributed by atoms with Crippen LogP contribution in [0.15, 0.2) is 10.5 Å². The highest BCUT2D eigenvalue weighted by atomic mass is 35.5. The summed E-state index contributed by atoms with van der Waals surface area (Å²) in [6, 6.07) is 2.40. The minimum Gasteiger partial charge on any atom is -0.502 e. The molecule has 7 heteroatoms. The summed E-state index contributed by atoms with van der Waals surface area (Å²) in [5.41, 5.74) is 0.820. The van der Waals surface area contributed by atoms with E-state index in [1.165, 1.54) is 7.11 Å². The van der Waals surface area contributed by atoms with Gasteiger partial charge in [-0.25, -0.2) is 0 Å². The van der Waals surface area contributed by atoms with Gasteiger partial charge >= 0.3 is 0 Å². The van der Waals surface area contributed by atoms with Crippen molar-refractivity contribution in [2.75, 3.05) is 31.6 Å². The van der Waals surface area contributed by atoms with E-state index >= 15 is 0 Å². The van der Waals surface area contributed by atoms with Crippen LogP contribution in [0.3, 0.4) is 0 Å². The zero-order chi connectivity index (χ0) is 14.3. The van der Waals surface area contributed by atoms with Gasteiger partial charge in [0.1, 0.15) is 5.52 Å². The van der Waals surface area contributed by atoms with Gasteiger partial charge in [0.15, 0.2) is 5.75 Å². The average Bonchev–Trinajstić information content (AvgIpc) is 2.83. The first-order valence-corrected chi connectivity index (χ1v) is 6.83. The summed E-state index contributed by atoms with van der Waals surface area (Å²) in [5.74, 6) is 0.0896. The molecule has 1 aliphatic rings. The summed E-state index contributed by atoms with van der Waals surface area (Å²) in [6.07, 6.45) is 0. The number of hydrogen-bond acceptors (Lipinski definition) is 6. The summed E-state index contributed by atoms with van der Waals surface area (Å²) >= 11 is 6.04. The topological polar surface area (TPSA) is 70.8 Å². The lowest BCUT2D eigenvalue weighted by Gasteiger charge is -2.32. The van der Waals surface area contributed by atoms with E-state index in [2.05, 4.69) is 22.1 Å². The molecule has 1 aromatic carbocycles. The number of benzene rings is 1. The Morgan fingerprint density at radius 2 is 2.40 bits per heavy atom. The molecule has 20 heavy (non-hydrogen) atoms. The Morgan fingerprint density at radius 1 is 1.60 bits per heavy atom. The maximum atomic E-state index is 10.1. The minimum atomic E-state index is -0.114. The van der Waals surface area contributed by atoms with E-state index in [0.717, 1.165) is 19.6 Å². The minimum absolute atomic E-state index is 0.114. The number of nitrogens with one attached hydrogen (secondary N) is 1. The first-order chi connectivity index (χ1) is 9.61. The molecule has 1 aromatic heterocycles. The van der Waals surface area contributed by atoms with Gasteiger partial charge < -0.3 is 24.5 Å². The van der Waals surface area contributed by atoms with E-state index in [1.54, 1.807) is 6.07 Å². The van der Waals surface area contributed by atoms with Crippen LogP contribution in [0.5, 0.6) is 11.5 Å². The van der Waals surface area contributed by atoms with Gasteiger partial charge in [-0.15, -0.1) is 0 Å². The summed E-state index contributed by atoms with van der Waals surface area (Å²) in [6.45, 7) is 4.64. The zero-order valence-electron chi connectivity index (χ0n) is 11.3. The Labute approximate surface area is 121 Å². The predicted molar refractivity (Wildman–Crippen MR) is 76.9 cm³/mol. The third-order valence-corrected chi connectivity index (χ3v) is 3.78. The van der Waals surface area contributed by atoms with E-state index in [-0.39, 0.29) is 17.5 Å². The molecule has 0 saturated carbocycles. The van der Waals surface area contributed by atoms with Crippen molar-refractivity contribution in [3.63, 3.8) is 0 Å². The van der Waals surface area contributed by atoms with Crippen LogP contribution in [-0.4, -0.2) is 42.9 Å². The van der Waals surface area contributed by atoms with Crippen molar-refractivity contribution in [2.45, 2.75) is 13.0 Å². The van der Waals surface area contributed by atoms with Crippen LogP contribution in [-0.2, 0) is 0 Å². The first-order valence-electron chi connectivity index (χ1n) is 6.45. The number of aromatic nitrogens is 1. The average molecular weight is 298 g/mol. The van der Waals surface area contributed by atoms with Gasteiger partial charge in [-0.3, -0.25) is 0 Å². The number of fused-ring (bicyclic) bond motifs is 1. The normalized spacial score (nSPS) is 19.6. The lowest BCUT2D eigenvalue weighted by molar-refractivity contribution is 0.371. The molecule has 0 unspecified atom stereocenters. The number of halogens is 1. The van der Waals surface area contributed by atoms with Gasteiger partial charge in [-0.1, -0.05) is 11.6 Å². The molecule has 6 nitrogen and oxygen atoms in total. The number of phenolic OH excluding ortho intramolecular Hbond substituents is 1. The third-order valence-electron chi connectivity index (χ3n) is 3.50. The second-order valence-corrected chi connectivity index (χ2v) is 5.24. The van der Waals surface area contributed by atoms with Gasteiger partial charge in [-0.05, 0) is 13.0 Å². The Morgan fingerprint density at radius 3 is 3.10 bits per heavy atom. The lowest BCUT2D eigenvalue weighted by atomic mass is 10.2.